The first kappa shape index (κ1) is 15.8. The Bertz CT molecular complexity index is 1010. The number of hydrogen-bond donors (Lipinski definition) is 0. The quantitative estimate of drug-likeness (QED) is 0.312. The van der Waals surface area contributed by atoms with E-state index in [-0.39, 0.29) is 0 Å². The molecule has 0 amide bonds. The molecule has 0 saturated carbocycles. The fourth-order valence-electron chi connectivity index (χ4n) is 3.23. The molecule has 2 heteroatoms. The summed E-state index contributed by atoms with van der Waals surface area (Å²) < 4.78 is 5.69. The summed E-state index contributed by atoms with van der Waals surface area (Å²) in [6.07, 6.45) is 0. The van der Waals surface area contributed by atoms with Crippen molar-refractivity contribution >= 4 is 38.6 Å². The minimum atomic E-state index is 0.478. The Morgan fingerprint density at radius 1 is 0.800 bits per heavy atom. The van der Waals surface area contributed by atoms with Gasteiger partial charge in [-0.2, -0.15) is 0 Å². The zero-order valence-electron chi connectivity index (χ0n) is 14.0. The standard InChI is InChI=1S/C23H18OS/c1-16(25)15-24-20-12-10-17(11-13-20)23-21-8-4-2-6-18(21)14-19-7-3-5-9-22(19)23/h2-14H,15H2,1H3. The van der Waals surface area contributed by atoms with E-state index in [0.717, 1.165) is 10.6 Å². The Hall–Kier alpha value is -2.71. The van der Waals surface area contributed by atoms with Gasteiger partial charge < -0.3 is 4.74 Å². The first-order valence-corrected chi connectivity index (χ1v) is 8.76. The molecular formula is C23H18OS. The van der Waals surface area contributed by atoms with Gasteiger partial charge in [-0.05, 0) is 57.8 Å². The van der Waals surface area contributed by atoms with Crippen molar-refractivity contribution in [3.8, 4) is 16.9 Å². The van der Waals surface area contributed by atoms with Gasteiger partial charge in [-0.15, -0.1) is 0 Å². The number of thiocarbonyl (C=S) groups is 1. The zero-order valence-corrected chi connectivity index (χ0v) is 14.8. The molecule has 0 radical (unpaired) electrons. The van der Waals surface area contributed by atoms with E-state index in [2.05, 4.69) is 66.7 Å². The molecule has 122 valence electrons. The van der Waals surface area contributed by atoms with Gasteiger partial charge in [-0.3, -0.25) is 0 Å². The van der Waals surface area contributed by atoms with Crippen molar-refractivity contribution < 1.29 is 4.74 Å². The molecule has 0 aliphatic heterocycles. The van der Waals surface area contributed by atoms with Crippen LogP contribution in [0.3, 0.4) is 0 Å². The number of benzene rings is 4. The SMILES string of the molecule is CC(=S)COc1ccc(-c2c3ccccc3cc3ccccc23)cc1. The van der Waals surface area contributed by atoms with Gasteiger partial charge in [0.15, 0.2) is 0 Å². The molecule has 4 aromatic rings. The minimum Gasteiger partial charge on any atom is -0.488 e. The van der Waals surface area contributed by atoms with Crippen molar-refractivity contribution in [3.63, 3.8) is 0 Å². The van der Waals surface area contributed by atoms with Crippen LogP contribution in [0.1, 0.15) is 6.92 Å². The Morgan fingerprint density at radius 3 is 1.92 bits per heavy atom. The normalized spacial score (nSPS) is 10.9. The van der Waals surface area contributed by atoms with Crippen molar-refractivity contribution in [3.05, 3.63) is 78.9 Å². The van der Waals surface area contributed by atoms with Crippen LogP contribution in [0.2, 0.25) is 0 Å². The Labute approximate surface area is 152 Å². The summed E-state index contributed by atoms with van der Waals surface area (Å²) in [4.78, 5) is 0.851. The summed E-state index contributed by atoms with van der Waals surface area (Å²) in [5.41, 5.74) is 2.46. The smallest absolute Gasteiger partial charge is 0.119 e. The van der Waals surface area contributed by atoms with Crippen LogP contribution in [0.15, 0.2) is 78.9 Å². The van der Waals surface area contributed by atoms with Crippen molar-refractivity contribution in [1.29, 1.82) is 0 Å². The number of fused-ring (bicyclic) bond motifs is 2. The maximum atomic E-state index is 5.69. The lowest BCUT2D eigenvalue weighted by molar-refractivity contribution is 0.378. The second kappa shape index (κ2) is 6.66. The van der Waals surface area contributed by atoms with Crippen LogP contribution in [0.5, 0.6) is 5.75 Å². The molecule has 0 N–H and O–H groups in total. The van der Waals surface area contributed by atoms with Gasteiger partial charge in [0.05, 0.1) is 0 Å². The highest BCUT2D eigenvalue weighted by Crippen LogP contribution is 2.36. The Kier molecular flexibility index (Phi) is 4.21. The molecule has 0 aliphatic rings. The van der Waals surface area contributed by atoms with Crippen LogP contribution in [-0.2, 0) is 0 Å². The van der Waals surface area contributed by atoms with E-state index in [1.165, 1.54) is 32.7 Å². The van der Waals surface area contributed by atoms with Gasteiger partial charge in [0.1, 0.15) is 12.4 Å². The van der Waals surface area contributed by atoms with Crippen molar-refractivity contribution in [2.24, 2.45) is 0 Å². The van der Waals surface area contributed by atoms with Crippen LogP contribution in [-0.4, -0.2) is 11.5 Å². The number of ether oxygens (including phenoxy) is 1. The highest BCUT2D eigenvalue weighted by Gasteiger charge is 2.09. The van der Waals surface area contributed by atoms with E-state index >= 15 is 0 Å². The predicted octanol–water partition coefficient (Wildman–Crippen LogP) is 6.43. The summed E-state index contributed by atoms with van der Waals surface area (Å²) >= 11 is 5.08. The summed E-state index contributed by atoms with van der Waals surface area (Å²) in [5.74, 6) is 0.845. The molecule has 0 heterocycles. The van der Waals surface area contributed by atoms with Gasteiger partial charge in [-0.25, -0.2) is 0 Å². The maximum Gasteiger partial charge on any atom is 0.119 e. The van der Waals surface area contributed by atoms with E-state index in [0.29, 0.717) is 6.61 Å². The second-order valence-electron chi connectivity index (χ2n) is 6.21. The van der Waals surface area contributed by atoms with Gasteiger partial charge in [0.2, 0.25) is 0 Å². The van der Waals surface area contributed by atoms with Crippen molar-refractivity contribution in [1.82, 2.24) is 0 Å². The largest absolute Gasteiger partial charge is 0.488 e. The fraction of sp³-hybridized carbons (Fsp3) is 0.0870. The molecule has 0 saturated heterocycles. The topological polar surface area (TPSA) is 9.23 Å². The first-order chi connectivity index (χ1) is 12.2. The monoisotopic (exact) mass is 342 g/mol. The van der Waals surface area contributed by atoms with Crippen LogP contribution >= 0.6 is 12.2 Å². The number of hydrogen-bond acceptors (Lipinski definition) is 2. The Balaban J connectivity index is 1.88. The molecule has 0 bridgehead atoms. The van der Waals surface area contributed by atoms with Crippen molar-refractivity contribution in [2.45, 2.75) is 6.92 Å². The summed E-state index contributed by atoms with van der Waals surface area (Å²) in [5, 5.41) is 5.05. The van der Waals surface area contributed by atoms with Crippen molar-refractivity contribution in [2.75, 3.05) is 6.61 Å². The van der Waals surface area contributed by atoms with Crippen LogP contribution in [0.4, 0.5) is 0 Å². The van der Waals surface area contributed by atoms with E-state index in [1.807, 2.05) is 19.1 Å². The molecule has 0 atom stereocenters. The molecule has 0 aliphatic carbocycles. The third-order valence-electron chi connectivity index (χ3n) is 4.36. The van der Waals surface area contributed by atoms with Gasteiger partial charge in [-0.1, -0.05) is 72.9 Å². The average Bonchev–Trinajstić information content (AvgIpc) is 2.65. The lowest BCUT2D eigenvalue weighted by Crippen LogP contribution is -2.04. The Morgan fingerprint density at radius 2 is 1.36 bits per heavy atom. The highest BCUT2D eigenvalue weighted by atomic mass is 32.1. The summed E-state index contributed by atoms with van der Waals surface area (Å²) in [6, 6.07) is 27.6. The molecule has 4 rings (SSSR count). The summed E-state index contributed by atoms with van der Waals surface area (Å²) in [7, 11) is 0. The highest BCUT2D eigenvalue weighted by molar-refractivity contribution is 7.80. The zero-order chi connectivity index (χ0) is 17.2. The predicted molar refractivity (Wildman–Crippen MR) is 111 cm³/mol. The molecule has 0 aromatic heterocycles. The van der Waals surface area contributed by atoms with Gasteiger partial charge >= 0.3 is 0 Å². The van der Waals surface area contributed by atoms with E-state index < -0.39 is 0 Å². The third kappa shape index (κ3) is 3.13. The molecule has 4 aromatic carbocycles. The minimum absolute atomic E-state index is 0.478. The number of rotatable bonds is 4. The first-order valence-electron chi connectivity index (χ1n) is 8.35. The van der Waals surface area contributed by atoms with E-state index in [4.69, 9.17) is 17.0 Å². The molecule has 0 fully saturated rings. The lowest BCUT2D eigenvalue weighted by atomic mass is 9.92. The molecule has 1 nitrogen and oxygen atoms in total. The molecule has 0 spiro atoms. The molecule has 0 unspecified atom stereocenters. The molecule has 25 heavy (non-hydrogen) atoms. The molecular weight excluding hydrogens is 324 g/mol. The van der Waals surface area contributed by atoms with E-state index in [1.54, 1.807) is 0 Å². The van der Waals surface area contributed by atoms with E-state index in [9.17, 15) is 0 Å². The average molecular weight is 342 g/mol. The van der Waals surface area contributed by atoms with Crippen LogP contribution in [0, 0.1) is 0 Å². The third-order valence-corrected chi connectivity index (χ3v) is 4.47. The van der Waals surface area contributed by atoms with Crippen LogP contribution < -0.4 is 4.74 Å². The van der Waals surface area contributed by atoms with Crippen LogP contribution in [0.25, 0.3) is 32.7 Å². The maximum absolute atomic E-state index is 5.69. The summed E-state index contributed by atoms with van der Waals surface area (Å²) in [6.45, 7) is 2.37. The van der Waals surface area contributed by atoms with Gasteiger partial charge in [0, 0.05) is 4.86 Å². The lowest BCUT2D eigenvalue weighted by Gasteiger charge is -2.13. The fourth-order valence-corrected chi connectivity index (χ4v) is 3.29. The second-order valence-corrected chi connectivity index (χ2v) is 6.91. The van der Waals surface area contributed by atoms with Gasteiger partial charge in [0.25, 0.3) is 0 Å².